The summed E-state index contributed by atoms with van der Waals surface area (Å²) in [6.45, 7) is 0. The van der Waals surface area contributed by atoms with Crippen LogP contribution in [0.15, 0.2) is 71.8 Å². The highest BCUT2D eigenvalue weighted by molar-refractivity contribution is 7.92. The number of aromatic nitrogens is 1. The normalized spacial score (nSPS) is 13.5. The number of rotatable bonds is 7. The molecule has 30 heavy (non-hydrogen) atoms. The second kappa shape index (κ2) is 8.33. The summed E-state index contributed by atoms with van der Waals surface area (Å²) < 4.78 is 33.0. The zero-order valence-electron chi connectivity index (χ0n) is 15.7. The Labute approximate surface area is 179 Å². The highest BCUT2D eigenvalue weighted by Gasteiger charge is 2.23. The Hall–Kier alpha value is -3.10. The Bertz CT molecular complexity index is 1140. The van der Waals surface area contributed by atoms with E-state index in [1.165, 1.54) is 30.5 Å². The van der Waals surface area contributed by atoms with E-state index >= 15 is 0 Å². The first-order valence-electron chi connectivity index (χ1n) is 9.22. The lowest BCUT2D eigenvalue weighted by atomic mass is 10.2. The van der Waals surface area contributed by atoms with Crippen LogP contribution in [0.2, 0.25) is 5.02 Å². The molecule has 0 aliphatic heterocycles. The molecule has 4 rings (SSSR count). The quantitative estimate of drug-likeness (QED) is 0.569. The minimum Gasteiger partial charge on any atom is -0.439 e. The predicted octanol–water partition coefficient (Wildman–Crippen LogP) is 4.22. The van der Waals surface area contributed by atoms with Crippen LogP contribution in [0.3, 0.4) is 0 Å². The van der Waals surface area contributed by atoms with Crippen LogP contribution >= 0.6 is 11.6 Å². The summed E-state index contributed by atoms with van der Waals surface area (Å²) in [6.07, 6.45) is 3.50. The molecular formula is C21H18ClN3O4S. The number of benzene rings is 2. The number of hydrogen-bond acceptors (Lipinski definition) is 5. The molecule has 0 saturated heterocycles. The lowest BCUT2D eigenvalue weighted by Crippen LogP contribution is -2.25. The average molecular weight is 444 g/mol. The van der Waals surface area contributed by atoms with Crippen molar-refractivity contribution in [3.8, 4) is 11.6 Å². The molecule has 7 nitrogen and oxygen atoms in total. The fourth-order valence-corrected chi connectivity index (χ4v) is 3.80. The van der Waals surface area contributed by atoms with Crippen molar-refractivity contribution in [3.05, 3.63) is 77.4 Å². The van der Waals surface area contributed by atoms with Gasteiger partial charge in [-0.15, -0.1) is 0 Å². The molecule has 1 saturated carbocycles. The van der Waals surface area contributed by atoms with Gasteiger partial charge in [0, 0.05) is 29.0 Å². The van der Waals surface area contributed by atoms with Crippen molar-refractivity contribution in [1.82, 2.24) is 10.3 Å². The number of nitrogens with zero attached hydrogens (tertiary/aromatic N) is 1. The smallest absolute Gasteiger partial charge is 0.261 e. The highest BCUT2D eigenvalue weighted by Crippen LogP contribution is 2.24. The van der Waals surface area contributed by atoms with Crippen molar-refractivity contribution >= 4 is 33.2 Å². The topological polar surface area (TPSA) is 97.4 Å². The second-order valence-corrected chi connectivity index (χ2v) is 8.94. The van der Waals surface area contributed by atoms with Gasteiger partial charge in [-0.3, -0.25) is 9.52 Å². The van der Waals surface area contributed by atoms with Gasteiger partial charge in [-0.2, -0.15) is 0 Å². The molecule has 0 atom stereocenters. The number of hydrogen-bond donors (Lipinski definition) is 2. The number of carbonyl (C=O) groups is 1. The van der Waals surface area contributed by atoms with Gasteiger partial charge >= 0.3 is 0 Å². The number of nitrogens with one attached hydrogen (secondary N) is 2. The van der Waals surface area contributed by atoms with Gasteiger partial charge in [-0.25, -0.2) is 13.4 Å². The molecule has 1 fully saturated rings. The zero-order valence-corrected chi connectivity index (χ0v) is 17.3. The molecule has 3 aromatic rings. The van der Waals surface area contributed by atoms with Crippen molar-refractivity contribution in [2.75, 3.05) is 4.72 Å². The summed E-state index contributed by atoms with van der Waals surface area (Å²) >= 11 is 5.80. The number of ether oxygens (including phenoxy) is 1. The minimum absolute atomic E-state index is 0.113. The van der Waals surface area contributed by atoms with E-state index in [2.05, 4.69) is 15.0 Å². The van der Waals surface area contributed by atoms with Gasteiger partial charge in [0.1, 0.15) is 5.75 Å². The Morgan fingerprint density at radius 3 is 2.30 bits per heavy atom. The number of amides is 1. The van der Waals surface area contributed by atoms with Crippen LogP contribution in [0.1, 0.15) is 23.2 Å². The number of halogens is 1. The van der Waals surface area contributed by atoms with Gasteiger partial charge in [-0.05, 0) is 67.4 Å². The largest absolute Gasteiger partial charge is 0.439 e. The molecule has 1 amide bonds. The summed E-state index contributed by atoms with van der Waals surface area (Å²) in [5, 5.41) is 3.36. The van der Waals surface area contributed by atoms with E-state index < -0.39 is 10.0 Å². The van der Waals surface area contributed by atoms with Crippen molar-refractivity contribution in [1.29, 1.82) is 0 Å². The fourth-order valence-electron chi connectivity index (χ4n) is 2.61. The van der Waals surface area contributed by atoms with E-state index in [0.717, 1.165) is 12.8 Å². The van der Waals surface area contributed by atoms with E-state index in [4.69, 9.17) is 16.3 Å². The Kier molecular flexibility index (Phi) is 5.61. The standard InChI is InChI=1S/C21H18ClN3O4S/c22-15-2-10-19(11-3-15)30(27,28)25-17-6-8-18(9-7-17)29-20-12-1-14(13-23-20)21(26)24-16-4-5-16/h1-3,6-13,16,25H,4-5H2,(H,24,26). The molecular weight excluding hydrogens is 426 g/mol. The maximum absolute atomic E-state index is 12.4. The third-order valence-corrected chi connectivity index (χ3v) is 6.01. The van der Waals surface area contributed by atoms with Crippen LogP contribution in [0.4, 0.5) is 5.69 Å². The molecule has 0 bridgehead atoms. The average Bonchev–Trinajstić information content (AvgIpc) is 3.54. The van der Waals surface area contributed by atoms with Crippen molar-refractivity contribution in [3.63, 3.8) is 0 Å². The molecule has 1 aliphatic rings. The number of pyridine rings is 1. The lowest BCUT2D eigenvalue weighted by molar-refractivity contribution is 0.0950. The van der Waals surface area contributed by atoms with Gasteiger partial charge in [0.25, 0.3) is 15.9 Å². The lowest BCUT2D eigenvalue weighted by Gasteiger charge is -2.10. The number of carbonyl (C=O) groups excluding carboxylic acids is 1. The van der Waals surface area contributed by atoms with E-state index in [0.29, 0.717) is 27.9 Å². The third-order valence-electron chi connectivity index (χ3n) is 4.36. The number of anilines is 1. The molecule has 2 N–H and O–H groups in total. The van der Waals surface area contributed by atoms with Crippen LogP contribution in [0, 0.1) is 0 Å². The second-order valence-electron chi connectivity index (χ2n) is 6.82. The molecule has 1 aliphatic carbocycles. The van der Waals surface area contributed by atoms with Crippen LogP contribution in [-0.2, 0) is 10.0 Å². The summed E-state index contributed by atoms with van der Waals surface area (Å²) in [6, 6.07) is 15.8. The fraction of sp³-hybridized carbons (Fsp3) is 0.143. The first kappa shape index (κ1) is 20.2. The molecule has 2 aromatic carbocycles. The Morgan fingerprint density at radius 1 is 1.00 bits per heavy atom. The molecule has 1 heterocycles. The third kappa shape index (κ3) is 5.08. The molecule has 0 radical (unpaired) electrons. The predicted molar refractivity (Wildman–Crippen MR) is 114 cm³/mol. The van der Waals surface area contributed by atoms with Crippen LogP contribution in [-0.4, -0.2) is 25.4 Å². The van der Waals surface area contributed by atoms with Gasteiger partial charge in [-0.1, -0.05) is 11.6 Å². The highest BCUT2D eigenvalue weighted by atomic mass is 35.5. The molecule has 9 heteroatoms. The number of sulfonamides is 1. The first-order valence-corrected chi connectivity index (χ1v) is 11.1. The van der Waals surface area contributed by atoms with Gasteiger partial charge in [0.2, 0.25) is 5.88 Å². The van der Waals surface area contributed by atoms with Crippen molar-refractivity contribution in [2.24, 2.45) is 0 Å². The van der Waals surface area contributed by atoms with Crippen LogP contribution in [0.25, 0.3) is 0 Å². The molecule has 154 valence electrons. The van der Waals surface area contributed by atoms with Crippen molar-refractivity contribution < 1.29 is 17.9 Å². The van der Waals surface area contributed by atoms with E-state index in [1.54, 1.807) is 36.4 Å². The minimum atomic E-state index is -3.72. The van der Waals surface area contributed by atoms with E-state index in [1.807, 2.05) is 0 Å². The van der Waals surface area contributed by atoms with E-state index in [-0.39, 0.29) is 16.8 Å². The molecule has 1 aromatic heterocycles. The maximum atomic E-state index is 12.4. The Balaban J connectivity index is 1.38. The van der Waals surface area contributed by atoms with Gasteiger partial charge < -0.3 is 10.1 Å². The summed E-state index contributed by atoms with van der Waals surface area (Å²) in [5.41, 5.74) is 0.860. The zero-order chi connectivity index (χ0) is 21.1. The summed E-state index contributed by atoms with van der Waals surface area (Å²) in [5.74, 6) is 0.661. The van der Waals surface area contributed by atoms with Gasteiger partial charge in [0.05, 0.1) is 10.5 Å². The van der Waals surface area contributed by atoms with E-state index in [9.17, 15) is 13.2 Å². The molecule has 0 unspecified atom stereocenters. The van der Waals surface area contributed by atoms with Crippen LogP contribution in [0.5, 0.6) is 11.6 Å². The summed E-state index contributed by atoms with van der Waals surface area (Å²) in [4.78, 5) is 16.2. The SMILES string of the molecule is O=C(NC1CC1)c1ccc(Oc2ccc(NS(=O)(=O)c3ccc(Cl)cc3)cc2)nc1. The Morgan fingerprint density at radius 2 is 1.70 bits per heavy atom. The van der Waals surface area contributed by atoms with Crippen molar-refractivity contribution in [2.45, 2.75) is 23.8 Å². The molecule has 0 spiro atoms. The first-order chi connectivity index (χ1) is 14.4. The summed E-state index contributed by atoms with van der Waals surface area (Å²) in [7, 11) is -3.72. The monoisotopic (exact) mass is 443 g/mol. The van der Waals surface area contributed by atoms with Crippen LogP contribution < -0.4 is 14.8 Å². The maximum Gasteiger partial charge on any atom is 0.261 e. The van der Waals surface area contributed by atoms with Gasteiger partial charge in [0.15, 0.2) is 0 Å².